The maximum absolute atomic E-state index is 12.1. The van der Waals surface area contributed by atoms with Crippen molar-refractivity contribution in [2.24, 2.45) is 0 Å². The number of hydrogen-bond acceptors (Lipinski definition) is 4. The highest BCUT2D eigenvalue weighted by atomic mass is 79.9. The first-order valence-corrected chi connectivity index (χ1v) is 8.35. The number of rotatable bonds is 5. The Balaban J connectivity index is 2.07. The molecule has 0 aliphatic carbocycles. The average molecular weight is 410 g/mol. The molecular weight excluding hydrogens is 400 g/mol. The van der Waals surface area contributed by atoms with Gasteiger partial charge in [-0.15, -0.1) is 5.10 Å². The van der Waals surface area contributed by atoms with Crippen LogP contribution in [0.25, 0.3) is 0 Å². The molecule has 1 aromatic carbocycles. The summed E-state index contributed by atoms with van der Waals surface area (Å²) < 4.78 is 29.5. The molecule has 0 amide bonds. The number of nitrogens with one attached hydrogen (secondary N) is 1. The summed E-state index contributed by atoms with van der Waals surface area (Å²) in [6, 6.07) is 4.98. The first kappa shape index (κ1) is 14.6. The van der Waals surface area contributed by atoms with Gasteiger partial charge in [-0.2, -0.15) is 0 Å². The molecule has 0 spiro atoms. The molecule has 19 heavy (non-hydrogen) atoms. The maximum atomic E-state index is 12.1. The number of aromatic nitrogens is 3. The zero-order valence-corrected chi connectivity index (χ0v) is 13.6. The summed E-state index contributed by atoms with van der Waals surface area (Å²) >= 11 is 6.48. The van der Waals surface area contributed by atoms with Crippen LogP contribution in [-0.4, -0.2) is 30.0 Å². The standard InChI is InChI=1S/C10H10Br2N4O2S/c11-8-1-2-9(12)10(7-8)19(17,18)14-4-6-16-5-3-13-15-16/h1-3,5,7,14H,4,6H2. The lowest BCUT2D eigenvalue weighted by atomic mass is 10.4. The van der Waals surface area contributed by atoms with Gasteiger partial charge in [-0.3, -0.25) is 4.68 Å². The molecule has 0 atom stereocenters. The van der Waals surface area contributed by atoms with Crippen LogP contribution < -0.4 is 4.72 Å². The van der Waals surface area contributed by atoms with Crippen LogP contribution in [0.4, 0.5) is 0 Å². The topological polar surface area (TPSA) is 76.9 Å². The Morgan fingerprint density at radius 1 is 1.32 bits per heavy atom. The van der Waals surface area contributed by atoms with E-state index >= 15 is 0 Å². The van der Waals surface area contributed by atoms with E-state index in [0.717, 1.165) is 0 Å². The molecule has 2 aromatic rings. The second kappa shape index (κ2) is 6.12. The van der Waals surface area contributed by atoms with Crippen LogP contribution in [0.15, 0.2) is 44.4 Å². The molecule has 0 aliphatic rings. The molecule has 0 radical (unpaired) electrons. The number of hydrogen-bond donors (Lipinski definition) is 1. The molecule has 1 aromatic heterocycles. The smallest absolute Gasteiger partial charge is 0.241 e. The van der Waals surface area contributed by atoms with Gasteiger partial charge in [0.05, 0.1) is 17.6 Å². The van der Waals surface area contributed by atoms with Crippen molar-refractivity contribution in [1.82, 2.24) is 19.7 Å². The Hall–Kier alpha value is -0.770. The molecular formula is C10H10Br2N4O2S. The zero-order chi connectivity index (χ0) is 13.9. The fourth-order valence-corrected chi connectivity index (χ4v) is 3.93. The van der Waals surface area contributed by atoms with Gasteiger partial charge in [-0.05, 0) is 34.1 Å². The molecule has 102 valence electrons. The molecule has 1 heterocycles. The molecule has 0 saturated heterocycles. The van der Waals surface area contributed by atoms with Crippen molar-refractivity contribution in [1.29, 1.82) is 0 Å². The first-order valence-electron chi connectivity index (χ1n) is 5.28. The number of nitrogens with zero attached hydrogens (tertiary/aromatic N) is 3. The molecule has 1 N–H and O–H groups in total. The van der Waals surface area contributed by atoms with E-state index in [2.05, 4.69) is 46.9 Å². The summed E-state index contributed by atoms with van der Waals surface area (Å²) in [7, 11) is -3.56. The van der Waals surface area contributed by atoms with E-state index in [-0.39, 0.29) is 11.4 Å². The van der Waals surface area contributed by atoms with E-state index in [1.54, 1.807) is 35.3 Å². The summed E-state index contributed by atoms with van der Waals surface area (Å²) in [6.45, 7) is 0.662. The van der Waals surface area contributed by atoms with Gasteiger partial charge in [0.15, 0.2) is 0 Å². The van der Waals surface area contributed by atoms with E-state index in [9.17, 15) is 8.42 Å². The van der Waals surface area contributed by atoms with Gasteiger partial charge in [0.25, 0.3) is 0 Å². The lowest BCUT2D eigenvalue weighted by Gasteiger charge is -2.08. The van der Waals surface area contributed by atoms with Gasteiger partial charge in [0.2, 0.25) is 10.0 Å². The summed E-state index contributed by atoms with van der Waals surface area (Å²) in [4.78, 5) is 0.195. The number of benzene rings is 1. The van der Waals surface area contributed by atoms with Crippen molar-refractivity contribution in [3.8, 4) is 0 Å². The number of halogens is 2. The molecule has 0 aliphatic heterocycles. The lowest BCUT2D eigenvalue weighted by Crippen LogP contribution is -2.27. The third-order valence-corrected chi connectivity index (χ3v) is 5.24. The van der Waals surface area contributed by atoms with Crippen LogP contribution in [0.3, 0.4) is 0 Å². The van der Waals surface area contributed by atoms with Gasteiger partial charge in [-0.1, -0.05) is 21.1 Å². The molecule has 6 nitrogen and oxygen atoms in total. The predicted octanol–water partition coefficient (Wildman–Crippen LogP) is 1.78. The van der Waals surface area contributed by atoms with Gasteiger partial charge >= 0.3 is 0 Å². The van der Waals surface area contributed by atoms with Gasteiger partial charge < -0.3 is 0 Å². The van der Waals surface area contributed by atoms with Crippen molar-refractivity contribution >= 4 is 41.9 Å². The predicted molar refractivity (Wildman–Crippen MR) is 77.1 cm³/mol. The monoisotopic (exact) mass is 408 g/mol. The minimum atomic E-state index is -3.56. The summed E-state index contributed by atoms with van der Waals surface area (Å²) in [5.41, 5.74) is 0. The third kappa shape index (κ3) is 3.85. The SMILES string of the molecule is O=S(=O)(NCCn1ccnn1)c1cc(Br)ccc1Br. The van der Waals surface area contributed by atoms with E-state index in [0.29, 0.717) is 15.5 Å². The fourth-order valence-electron chi connectivity index (χ4n) is 1.41. The summed E-state index contributed by atoms with van der Waals surface area (Å²) in [5, 5.41) is 7.40. The Morgan fingerprint density at radius 3 is 2.79 bits per heavy atom. The van der Waals surface area contributed by atoms with Crippen molar-refractivity contribution in [2.75, 3.05) is 6.54 Å². The third-order valence-electron chi connectivity index (χ3n) is 2.29. The van der Waals surface area contributed by atoms with Crippen molar-refractivity contribution < 1.29 is 8.42 Å². The first-order chi connectivity index (χ1) is 8.99. The molecule has 9 heteroatoms. The van der Waals surface area contributed by atoms with Crippen molar-refractivity contribution in [3.63, 3.8) is 0 Å². The van der Waals surface area contributed by atoms with Gasteiger partial charge in [0.1, 0.15) is 0 Å². The van der Waals surface area contributed by atoms with E-state index in [1.807, 2.05) is 0 Å². The second-order valence-electron chi connectivity index (χ2n) is 3.64. The van der Waals surface area contributed by atoms with Crippen LogP contribution in [0.5, 0.6) is 0 Å². The summed E-state index contributed by atoms with van der Waals surface area (Å²) in [5.74, 6) is 0. The second-order valence-corrected chi connectivity index (χ2v) is 7.14. The highest BCUT2D eigenvalue weighted by Gasteiger charge is 2.17. The molecule has 2 rings (SSSR count). The lowest BCUT2D eigenvalue weighted by molar-refractivity contribution is 0.552. The Morgan fingerprint density at radius 2 is 2.11 bits per heavy atom. The van der Waals surface area contributed by atoms with E-state index in [1.165, 1.54) is 0 Å². The Kier molecular flexibility index (Phi) is 4.71. The van der Waals surface area contributed by atoms with Crippen molar-refractivity contribution in [2.45, 2.75) is 11.4 Å². The van der Waals surface area contributed by atoms with Crippen LogP contribution >= 0.6 is 31.9 Å². The highest BCUT2D eigenvalue weighted by Crippen LogP contribution is 2.25. The van der Waals surface area contributed by atoms with Gasteiger partial charge in [-0.25, -0.2) is 13.1 Å². The Bertz CT molecular complexity index is 658. The average Bonchev–Trinajstić information content (AvgIpc) is 2.85. The zero-order valence-electron chi connectivity index (χ0n) is 9.62. The maximum Gasteiger partial charge on any atom is 0.241 e. The molecule has 0 unspecified atom stereocenters. The van der Waals surface area contributed by atoms with Crippen LogP contribution in [0, 0.1) is 0 Å². The van der Waals surface area contributed by atoms with E-state index in [4.69, 9.17) is 0 Å². The largest absolute Gasteiger partial charge is 0.251 e. The Labute approximate surface area is 127 Å². The molecule has 0 saturated carbocycles. The normalized spacial score (nSPS) is 11.7. The molecule has 0 fully saturated rings. The van der Waals surface area contributed by atoms with E-state index < -0.39 is 10.0 Å². The number of sulfonamides is 1. The fraction of sp³-hybridized carbons (Fsp3) is 0.200. The molecule has 0 bridgehead atoms. The minimum Gasteiger partial charge on any atom is -0.251 e. The van der Waals surface area contributed by atoms with Gasteiger partial charge in [0, 0.05) is 21.7 Å². The van der Waals surface area contributed by atoms with Crippen LogP contribution in [-0.2, 0) is 16.6 Å². The van der Waals surface area contributed by atoms with Crippen LogP contribution in [0.1, 0.15) is 0 Å². The highest BCUT2D eigenvalue weighted by molar-refractivity contribution is 9.11. The quantitative estimate of drug-likeness (QED) is 0.816. The van der Waals surface area contributed by atoms with Crippen LogP contribution in [0.2, 0.25) is 0 Å². The van der Waals surface area contributed by atoms with Crippen molar-refractivity contribution in [3.05, 3.63) is 39.5 Å². The minimum absolute atomic E-state index is 0.195. The summed E-state index contributed by atoms with van der Waals surface area (Å²) in [6.07, 6.45) is 3.21.